The van der Waals surface area contributed by atoms with Crippen molar-refractivity contribution in [2.24, 2.45) is 0 Å². The molecule has 1 saturated heterocycles. The topological polar surface area (TPSA) is 78.6 Å². The van der Waals surface area contributed by atoms with Gasteiger partial charge in [0.2, 0.25) is 0 Å². The first kappa shape index (κ1) is 15.6. The minimum atomic E-state index is -4.69. The van der Waals surface area contributed by atoms with Crippen LogP contribution < -0.4 is 5.32 Å². The zero-order valence-electron chi connectivity index (χ0n) is 11.9. The molecule has 3 rings (SSSR count). The largest absolute Gasteiger partial charge is 0.443 e. The smallest absolute Gasteiger partial charge is 0.417 e. The molecule has 1 aromatic carbocycles. The second-order valence-corrected chi connectivity index (χ2v) is 5.45. The summed E-state index contributed by atoms with van der Waals surface area (Å²) in [6, 6.07) is 4.44. The number of hydrogen-bond donors (Lipinski definition) is 2. The van der Waals surface area contributed by atoms with Crippen molar-refractivity contribution in [1.82, 2.24) is 9.88 Å². The molecule has 0 bridgehead atoms. The number of nitrogens with zero attached hydrogens (tertiary/aromatic N) is 2. The summed E-state index contributed by atoms with van der Waals surface area (Å²) in [5, 5.41) is 12.2. The second-order valence-electron chi connectivity index (χ2n) is 5.45. The monoisotopic (exact) mass is 329 g/mol. The highest BCUT2D eigenvalue weighted by molar-refractivity contribution is 5.98. The number of alkyl halides is 3. The molecule has 0 atom stereocenters. The zero-order valence-corrected chi connectivity index (χ0v) is 11.9. The lowest BCUT2D eigenvalue weighted by atomic mass is 9.91. The van der Waals surface area contributed by atoms with E-state index in [-0.39, 0.29) is 13.1 Å². The number of amides is 2. The number of benzene rings is 1. The predicted molar refractivity (Wildman–Crippen MR) is 74.8 cm³/mol. The van der Waals surface area contributed by atoms with Gasteiger partial charge in [-0.25, -0.2) is 9.78 Å². The molecule has 2 N–H and O–H groups in total. The molecule has 0 spiro atoms. The van der Waals surface area contributed by atoms with Crippen LogP contribution in [0, 0.1) is 0 Å². The summed E-state index contributed by atoms with van der Waals surface area (Å²) in [5.41, 5.74) is -1.36. The first-order valence-electron chi connectivity index (χ1n) is 6.97. The Bertz CT molecular complexity index is 721. The summed E-state index contributed by atoms with van der Waals surface area (Å²) in [6.45, 7) is -0.368. The summed E-state index contributed by atoms with van der Waals surface area (Å²) >= 11 is 0. The molecular formula is C14H14F3N3O3. The number of urea groups is 1. The van der Waals surface area contributed by atoms with Crippen molar-refractivity contribution in [2.45, 2.75) is 24.6 Å². The van der Waals surface area contributed by atoms with Gasteiger partial charge in [-0.1, -0.05) is 6.07 Å². The lowest BCUT2D eigenvalue weighted by molar-refractivity contribution is -0.271. The number of rotatable bonds is 1. The fourth-order valence-electron chi connectivity index (χ4n) is 2.54. The molecule has 6 nitrogen and oxygen atoms in total. The average Bonchev–Trinajstić information content (AvgIpc) is 2.96. The molecule has 0 radical (unpaired) electrons. The van der Waals surface area contributed by atoms with Crippen molar-refractivity contribution in [2.75, 3.05) is 18.4 Å². The van der Waals surface area contributed by atoms with Gasteiger partial charge in [0.05, 0.1) is 5.69 Å². The molecule has 1 aromatic heterocycles. The Morgan fingerprint density at radius 1 is 1.35 bits per heavy atom. The van der Waals surface area contributed by atoms with Crippen molar-refractivity contribution in [1.29, 1.82) is 0 Å². The van der Waals surface area contributed by atoms with E-state index in [4.69, 9.17) is 4.42 Å². The standard InChI is InChI=1S/C14H14F3N3O3/c15-14(16,17)13(22)4-6-20(7-5-13)12(21)19-9-2-1-3-10-11(9)18-8-23-10/h1-3,8,22H,4-7H2,(H,19,21). The molecule has 0 saturated carbocycles. The molecule has 124 valence electrons. The van der Waals surface area contributed by atoms with Crippen LogP contribution in [0.4, 0.5) is 23.7 Å². The Balaban J connectivity index is 1.68. The minimum Gasteiger partial charge on any atom is -0.443 e. The van der Waals surface area contributed by atoms with Crippen LogP contribution in [-0.2, 0) is 0 Å². The van der Waals surface area contributed by atoms with E-state index in [0.717, 1.165) is 0 Å². The van der Waals surface area contributed by atoms with Gasteiger partial charge in [0.1, 0.15) is 5.52 Å². The van der Waals surface area contributed by atoms with Crippen LogP contribution in [0.2, 0.25) is 0 Å². The van der Waals surface area contributed by atoms with Gasteiger partial charge in [-0.3, -0.25) is 0 Å². The summed E-state index contributed by atoms with van der Waals surface area (Å²) in [5.74, 6) is 0. The number of anilines is 1. The number of piperidine rings is 1. The van der Waals surface area contributed by atoms with E-state index in [0.29, 0.717) is 16.8 Å². The van der Waals surface area contributed by atoms with E-state index < -0.39 is 30.7 Å². The van der Waals surface area contributed by atoms with Crippen LogP contribution >= 0.6 is 0 Å². The van der Waals surface area contributed by atoms with Gasteiger partial charge < -0.3 is 19.7 Å². The first-order valence-corrected chi connectivity index (χ1v) is 6.97. The molecule has 2 aromatic rings. The third-order valence-corrected chi connectivity index (χ3v) is 4.01. The van der Waals surface area contributed by atoms with Gasteiger partial charge in [0, 0.05) is 25.9 Å². The molecule has 0 aliphatic carbocycles. The number of carbonyl (C=O) groups is 1. The third kappa shape index (κ3) is 2.83. The van der Waals surface area contributed by atoms with Gasteiger partial charge in [0.25, 0.3) is 0 Å². The Morgan fingerprint density at radius 3 is 2.70 bits per heavy atom. The van der Waals surface area contributed by atoms with Crippen LogP contribution in [-0.4, -0.2) is 45.9 Å². The maximum Gasteiger partial charge on any atom is 0.417 e. The maximum absolute atomic E-state index is 12.8. The lowest BCUT2D eigenvalue weighted by Gasteiger charge is -2.38. The lowest BCUT2D eigenvalue weighted by Crippen LogP contribution is -2.55. The summed E-state index contributed by atoms with van der Waals surface area (Å²) in [6.07, 6.45) is -4.54. The highest BCUT2D eigenvalue weighted by Gasteiger charge is 2.54. The van der Waals surface area contributed by atoms with Crippen molar-refractivity contribution >= 4 is 22.8 Å². The SMILES string of the molecule is O=C(Nc1cccc2ocnc12)N1CCC(O)(C(F)(F)F)CC1. The zero-order chi connectivity index (χ0) is 16.7. The summed E-state index contributed by atoms with van der Waals surface area (Å²) in [7, 11) is 0. The number of para-hydroxylation sites is 1. The Kier molecular flexibility index (Phi) is 3.67. The molecule has 2 heterocycles. The van der Waals surface area contributed by atoms with Crippen LogP contribution in [0.5, 0.6) is 0 Å². The fourth-order valence-corrected chi connectivity index (χ4v) is 2.54. The van der Waals surface area contributed by atoms with E-state index in [2.05, 4.69) is 10.3 Å². The first-order chi connectivity index (χ1) is 10.8. The number of halogens is 3. The molecule has 9 heteroatoms. The molecular weight excluding hydrogens is 315 g/mol. The van der Waals surface area contributed by atoms with E-state index in [9.17, 15) is 23.1 Å². The quantitative estimate of drug-likeness (QED) is 0.843. The van der Waals surface area contributed by atoms with Gasteiger partial charge in [-0.15, -0.1) is 0 Å². The summed E-state index contributed by atoms with van der Waals surface area (Å²) < 4.78 is 43.4. The van der Waals surface area contributed by atoms with Crippen LogP contribution in [0.3, 0.4) is 0 Å². The van der Waals surface area contributed by atoms with Gasteiger partial charge in [-0.2, -0.15) is 13.2 Å². The fraction of sp³-hybridized carbons (Fsp3) is 0.429. The molecule has 23 heavy (non-hydrogen) atoms. The number of hydrogen-bond acceptors (Lipinski definition) is 4. The normalized spacial score (nSPS) is 18.2. The highest BCUT2D eigenvalue weighted by atomic mass is 19.4. The van der Waals surface area contributed by atoms with Crippen LogP contribution in [0.15, 0.2) is 29.0 Å². The number of nitrogens with one attached hydrogen (secondary N) is 1. The van der Waals surface area contributed by atoms with Crippen LogP contribution in [0.1, 0.15) is 12.8 Å². The molecule has 2 amide bonds. The van der Waals surface area contributed by atoms with E-state index in [1.54, 1.807) is 18.2 Å². The molecule has 1 aliphatic heterocycles. The number of aliphatic hydroxyl groups is 1. The highest BCUT2D eigenvalue weighted by Crippen LogP contribution is 2.38. The minimum absolute atomic E-state index is 0.184. The summed E-state index contributed by atoms with van der Waals surface area (Å²) in [4.78, 5) is 17.4. The van der Waals surface area contributed by atoms with E-state index >= 15 is 0 Å². The molecule has 1 aliphatic rings. The van der Waals surface area contributed by atoms with Gasteiger partial charge in [0.15, 0.2) is 17.6 Å². The Morgan fingerprint density at radius 2 is 2.04 bits per heavy atom. The Labute approximate surface area is 128 Å². The van der Waals surface area contributed by atoms with Crippen molar-refractivity contribution in [3.8, 4) is 0 Å². The third-order valence-electron chi connectivity index (χ3n) is 4.01. The number of likely N-dealkylation sites (tertiary alicyclic amines) is 1. The predicted octanol–water partition coefficient (Wildman–Crippen LogP) is 2.75. The van der Waals surface area contributed by atoms with Crippen molar-refractivity contribution in [3.05, 3.63) is 24.6 Å². The van der Waals surface area contributed by atoms with Crippen LogP contribution in [0.25, 0.3) is 11.1 Å². The van der Waals surface area contributed by atoms with Gasteiger partial charge in [-0.05, 0) is 12.1 Å². The number of fused-ring (bicyclic) bond motifs is 1. The van der Waals surface area contributed by atoms with Crippen molar-refractivity contribution < 1.29 is 27.5 Å². The Hall–Kier alpha value is -2.29. The maximum atomic E-state index is 12.8. The second kappa shape index (κ2) is 5.41. The van der Waals surface area contributed by atoms with E-state index in [1.165, 1.54) is 11.3 Å². The number of oxazole rings is 1. The van der Waals surface area contributed by atoms with Crippen molar-refractivity contribution in [3.63, 3.8) is 0 Å². The number of aromatic nitrogens is 1. The molecule has 1 fully saturated rings. The molecule has 0 unspecified atom stereocenters. The number of carbonyl (C=O) groups excluding carboxylic acids is 1. The van der Waals surface area contributed by atoms with E-state index in [1.807, 2.05) is 0 Å². The average molecular weight is 329 g/mol. The van der Waals surface area contributed by atoms with Gasteiger partial charge >= 0.3 is 12.2 Å².